The molecule has 0 bridgehead atoms. The summed E-state index contributed by atoms with van der Waals surface area (Å²) in [7, 11) is -3.70. The smallest absolute Gasteiger partial charge is 0.243 e. The van der Waals surface area contributed by atoms with Crippen molar-refractivity contribution in [3.8, 4) is 23.0 Å². The van der Waals surface area contributed by atoms with Gasteiger partial charge in [0, 0.05) is 30.4 Å². The van der Waals surface area contributed by atoms with Gasteiger partial charge in [0.1, 0.15) is 17.6 Å². The number of para-hydroxylation sites is 3. The first-order valence-electron chi connectivity index (χ1n) is 12.4. The molecule has 0 radical (unpaired) electrons. The van der Waals surface area contributed by atoms with Crippen molar-refractivity contribution < 1.29 is 13.2 Å². The van der Waals surface area contributed by atoms with Crippen LogP contribution in [0.1, 0.15) is 11.4 Å². The number of aromatic amines is 1. The van der Waals surface area contributed by atoms with E-state index < -0.39 is 10.0 Å². The Morgan fingerprint density at radius 1 is 1.00 bits per heavy atom. The average molecular weight is 537 g/mol. The van der Waals surface area contributed by atoms with Crippen molar-refractivity contribution in [3.63, 3.8) is 0 Å². The standard InChI is InChI=1S/C29H24N6O3S/c30-19-22(29-31-26-11-4-5-12-27(26)32-29)17-23-20-35(24-8-2-1-3-9-24)33-28(23)21-7-6-10-25(18-21)39(36,37)34-13-15-38-16-14-34/h1-12,17-18,20H,13-16H2,(H,31,32)/b22-17-. The number of imidazole rings is 1. The Morgan fingerprint density at radius 2 is 1.77 bits per heavy atom. The third-order valence-corrected chi connectivity index (χ3v) is 8.44. The number of hydrogen-bond donors (Lipinski definition) is 1. The van der Waals surface area contributed by atoms with Gasteiger partial charge in [0.15, 0.2) is 0 Å². The van der Waals surface area contributed by atoms with Crippen LogP contribution in [0.2, 0.25) is 0 Å². The van der Waals surface area contributed by atoms with Crippen molar-refractivity contribution in [3.05, 3.63) is 96.4 Å². The summed E-state index contributed by atoms with van der Waals surface area (Å²) in [6, 6.07) is 26.2. The number of nitrogens with zero attached hydrogens (tertiary/aromatic N) is 5. The van der Waals surface area contributed by atoms with Crippen LogP contribution in [0.3, 0.4) is 0 Å². The molecule has 1 aliphatic rings. The second kappa shape index (κ2) is 10.3. The molecule has 0 amide bonds. The average Bonchev–Trinajstić information content (AvgIpc) is 3.61. The molecule has 0 aliphatic carbocycles. The molecular formula is C29H24N6O3S. The van der Waals surface area contributed by atoms with E-state index in [9.17, 15) is 13.7 Å². The molecular weight excluding hydrogens is 512 g/mol. The fourth-order valence-corrected chi connectivity index (χ4v) is 6.01. The lowest BCUT2D eigenvalue weighted by Gasteiger charge is -2.26. The molecule has 5 aromatic rings. The summed E-state index contributed by atoms with van der Waals surface area (Å²) in [5.41, 5.74) is 4.56. The Morgan fingerprint density at radius 3 is 2.54 bits per heavy atom. The molecule has 0 atom stereocenters. The van der Waals surface area contributed by atoms with Crippen molar-refractivity contribution in [1.82, 2.24) is 24.1 Å². The molecule has 194 valence electrons. The minimum absolute atomic E-state index is 0.184. The molecule has 3 heterocycles. The monoisotopic (exact) mass is 536 g/mol. The van der Waals surface area contributed by atoms with Crippen molar-refractivity contribution in [1.29, 1.82) is 5.26 Å². The molecule has 39 heavy (non-hydrogen) atoms. The molecule has 6 rings (SSSR count). The summed E-state index contributed by atoms with van der Waals surface area (Å²) >= 11 is 0. The summed E-state index contributed by atoms with van der Waals surface area (Å²) in [5.74, 6) is 0.445. The Labute approximate surface area is 225 Å². The van der Waals surface area contributed by atoms with Gasteiger partial charge in [0.2, 0.25) is 10.0 Å². The molecule has 1 N–H and O–H groups in total. The summed E-state index contributed by atoms with van der Waals surface area (Å²) in [6.45, 7) is 1.36. The maximum Gasteiger partial charge on any atom is 0.243 e. The van der Waals surface area contributed by atoms with Gasteiger partial charge in [-0.1, -0.05) is 42.5 Å². The number of rotatable bonds is 6. The van der Waals surface area contributed by atoms with E-state index >= 15 is 0 Å². The maximum atomic E-state index is 13.4. The highest BCUT2D eigenvalue weighted by Gasteiger charge is 2.27. The van der Waals surface area contributed by atoms with E-state index in [0.717, 1.165) is 16.7 Å². The molecule has 0 spiro atoms. The zero-order chi connectivity index (χ0) is 26.8. The van der Waals surface area contributed by atoms with E-state index in [4.69, 9.17) is 9.84 Å². The van der Waals surface area contributed by atoms with Crippen molar-refractivity contribution in [2.24, 2.45) is 0 Å². The third kappa shape index (κ3) is 4.86. The number of benzene rings is 3. The Hall–Kier alpha value is -4.56. The number of nitrogens with one attached hydrogen (secondary N) is 1. The first-order chi connectivity index (χ1) is 19.0. The van der Waals surface area contributed by atoms with E-state index in [0.29, 0.717) is 54.5 Å². The molecule has 1 aliphatic heterocycles. The summed E-state index contributed by atoms with van der Waals surface area (Å²) in [5, 5.41) is 14.9. The molecule has 0 saturated carbocycles. The summed E-state index contributed by atoms with van der Waals surface area (Å²) < 4.78 is 35.2. The van der Waals surface area contributed by atoms with Crippen LogP contribution in [0.5, 0.6) is 0 Å². The molecule has 1 fully saturated rings. The number of H-pyrrole nitrogens is 1. The zero-order valence-electron chi connectivity index (χ0n) is 20.9. The highest BCUT2D eigenvalue weighted by Crippen LogP contribution is 2.30. The second-order valence-corrected chi connectivity index (χ2v) is 11.0. The third-order valence-electron chi connectivity index (χ3n) is 6.54. The minimum atomic E-state index is -3.70. The number of hydrogen-bond acceptors (Lipinski definition) is 6. The molecule has 9 nitrogen and oxygen atoms in total. The van der Waals surface area contributed by atoms with E-state index in [1.54, 1.807) is 29.0 Å². The predicted molar refractivity (Wildman–Crippen MR) is 148 cm³/mol. The lowest BCUT2D eigenvalue weighted by Crippen LogP contribution is -2.40. The topological polar surface area (TPSA) is 117 Å². The van der Waals surface area contributed by atoms with Gasteiger partial charge in [0.25, 0.3) is 0 Å². The van der Waals surface area contributed by atoms with Crippen LogP contribution < -0.4 is 0 Å². The molecule has 3 aromatic carbocycles. The molecule has 10 heteroatoms. The lowest BCUT2D eigenvalue weighted by atomic mass is 10.1. The van der Waals surface area contributed by atoms with Crippen LogP contribution in [0, 0.1) is 11.3 Å². The van der Waals surface area contributed by atoms with E-state index in [1.165, 1.54) is 4.31 Å². The quantitative estimate of drug-likeness (QED) is 0.319. The highest BCUT2D eigenvalue weighted by molar-refractivity contribution is 7.89. The van der Waals surface area contributed by atoms with Gasteiger partial charge in [0.05, 0.1) is 40.4 Å². The van der Waals surface area contributed by atoms with Gasteiger partial charge in [-0.3, -0.25) is 0 Å². The van der Waals surface area contributed by atoms with Crippen LogP contribution in [0.25, 0.3) is 39.6 Å². The van der Waals surface area contributed by atoms with Crippen LogP contribution in [0.4, 0.5) is 0 Å². The Balaban J connectivity index is 1.47. The number of sulfonamides is 1. The Kier molecular flexibility index (Phi) is 6.54. The number of allylic oxidation sites excluding steroid dienone is 1. The van der Waals surface area contributed by atoms with Crippen LogP contribution >= 0.6 is 0 Å². The van der Waals surface area contributed by atoms with Crippen LogP contribution in [0.15, 0.2) is 90.0 Å². The molecule has 2 aromatic heterocycles. The highest BCUT2D eigenvalue weighted by atomic mass is 32.2. The van der Waals surface area contributed by atoms with Crippen molar-refractivity contribution in [2.75, 3.05) is 26.3 Å². The van der Waals surface area contributed by atoms with Gasteiger partial charge in [-0.25, -0.2) is 18.1 Å². The van der Waals surface area contributed by atoms with E-state index in [1.807, 2.05) is 66.9 Å². The number of ether oxygens (including phenoxy) is 1. The van der Waals surface area contributed by atoms with Gasteiger partial charge < -0.3 is 9.72 Å². The minimum Gasteiger partial charge on any atom is -0.379 e. The number of morpholine rings is 1. The van der Waals surface area contributed by atoms with Crippen LogP contribution in [-0.4, -0.2) is 58.8 Å². The normalized spacial score (nSPS) is 14.9. The fourth-order valence-electron chi connectivity index (χ4n) is 4.56. The van der Waals surface area contributed by atoms with E-state index in [-0.39, 0.29) is 4.90 Å². The van der Waals surface area contributed by atoms with Gasteiger partial charge >= 0.3 is 0 Å². The maximum absolute atomic E-state index is 13.4. The summed E-state index contributed by atoms with van der Waals surface area (Å²) in [4.78, 5) is 7.97. The van der Waals surface area contributed by atoms with Crippen molar-refractivity contribution in [2.45, 2.75) is 4.90 Å². The predicted octanol–water partition coefficient (Wildman–Crippen LogP) is 4.50. The Bertz CT molecular complexity index is 1790. The van der Waals surface area contributed by atoms with Crippen LogP contribution in [-0.2, 0) is 14.8 Å². The number of fused-ring (bicyclic) bond motifs is 1. The number of aromatic nitrogens is 4. The van der Waals surface area contributed by atoms with Gasteiger partial charge in [-0.05, 0) is 42.5 Å². The largest absolute Gasteiger partial charge is 0.379 e. The zero-order valence-corrected chi connectivity index (χ0v) is 21.7. The molecule has 1 saturated heterocycles. The van der Waals surface area contributed by atoms with Crippen molar-refractivity contribution >= 4 is 32.7 Å². The summed E-state index contributed by atoms with van der Waals surface area (Å²) in [6.07, 6.45) is 3.55. The van der Waals surface area contributed by atoms with Gasteiger partial charge in [-0.15, -0.1) is 0 Å². The second-order valence-electron chi connectivity index (χ2n) is 9.03. The van der Waals surface area contributed by atoms with Gasteiger partial charge in [-0.2, -0.15) is 14.7 Å². The number of nitriles is 1. The van der Waals surface area contributed by atoms with E-state index in [2.05, 4.69) is 16.0 Å². The first kappa shape index (κ1) is 24.8. The lowest BCUT2D eigenvalue weighted by molar-refractivity contribution is 0.0730. The first-order valence-corrected chi connectivity index (χ1v) is 13.9. The SMILES string of the molecule is N#C/C(=C/c1cn(-c2ccccc2)nc1-c1cccc(S(=O)(=O)N2CCOCC2)c1)c1nc2ccccc2[nH]1. The molecule has 0 unspecified atom stereocenters. The fraction of sp³-hybridized carbons (Fsp3) is 0.138.